The summed E-state index contributed by atoms with van der Waals surface area (Å²) in [5.74, 6) is -0.452. The van der Waals surface area contributed by atoms with Crippen molar-refractivity contribution < 1.29 is 14.3 Å². The Hall–Kier alpha value is -4.20. The van der Waals surface area contributed by atoms with Crippen LogP contribution in [0.3, 0.4) is 0 Å². The quantitative estimate of drug-likeness (QED) is 0.610. The van der Waals surface area contributed by atoms with E-state index in [0.717, 1.165) is 21.4 Å². The highest BCUT2D eigenvalue weighted by Gasteiger charge is 2.37. The van der Waals surface area contributed by atoms with Crippen LogP contribution in [0.2, 0.25) is 0 Å². The number of para-hydroxylation sites is 1. The van der Waals surface area contributed by atoms with Crippen molar-refractivity contribution in [2.75, 3.05) is 0 Å². The van der Waals surface area contributed by atoms with E-state index in [1.165, 1.54) is 18.3 Å². The van der Waals surface area contributed by atoms with E-state index in [4.69, 9.17) is 4.74 Å². The van der Waals surface area contributed by atoms with Gasteiger partial charge in [0.2, 0.25) is 5.56 Å². The largest absolute Gasteiger partial charge is 0.443 e. The van der Waals surface area contributed by atoms with Crippen molar-refractivity contribution in [3.8, 4) is 0 Å². The highest BCUT2D eigenvalue weighted by Crippen LogP contribution is 2.25. The van der Waals surface area contributed by atoms with Crippen LogP contribution in [0.5, 0.6) is 0 Å². The zero-order chi connectivity index (χ0) is 22.9. The van der Waals surface area contributed by atoms with Gasteiger partial charge in [0.25, 0.3) is 5.91 Å². The molecule has 1 aliphatic rings. The molecule has 0 bridgehead atoms. The number of carbonyl (C=O) groups is 2. The number of pyridine rings is 1. The Labute approximate surface area is 183 Å². The number of aromatic amines is 2. The van der Waals surface area contributed by atoms with Crippen molar-refractivity contribution in [3.05, 3.63) is 82.0 Å². The van der Waals surface area contributed by atoms with Gasteiger partial charge in [0.15, 0.2) is 0 Å². The van der Waals surface area contributed by atoms with Gasteiger partial charge >= 0.3 is 6.09 Å². The van der Waals surface area contributed by atoms with Crippen molar-refractivity contribution in [2.24, 2.45) is 4.99 Å². The Balaban J connectivity index is 1.73. The summed E-state index contributed by atoms with van der Waals surface area (Å²) in [6.07, 6.45) is 7.32. The molecule has 8 heteroatoms. The lowest BCUT2D eigenvalue weighted by Gasteiger charge is -2.23. The van der Waals surface area contributed by atoms with Gasteiger partial charge in [0, 0.05) is 34.9 Å². The second kappa shape index (κ2) is 8.14. The molecule has 32 heavy (non-hydrogen) atoms. The highest BCUT2D eigenvalue weighted by molar-refractivity contribution is 6.26. The molecule has 1 aromatic carbocycles. The van der Waals surface area contributed by atoms with Crippen LogP contribution < -0.4 is 5.56 Å². The summed E-state index contributed by atoms with van der Waals surface area (Å²) in [5.41, 5.74) is 1.49. The Bertz CT molecular complexity index is 1330. The third kappa shape index (κ3) is 4.44. The maximum absolute atomic E-state index is 13.1. The van der Waals surface area contributed by atoms with Gasteiger partial charge in [-0.3, -0.25) is 9.59 Å². The zero-order valence-electron chi connectivity index (χ0n) is 17.9. The average Bonchev–Trinajstić information content (AvgIpc) is 3.28. The lowest BCUT2D eigenvalue weighted by atomic mass is 10.1. The molecule has 0 fully saturated rings. The van der Waals surface area contributed by atoms with Crippen molar-refractivity contribution in [1.82, 2.24) is 14.9 Å². The number of amidine groups is 1. The number of hydrogen-bond acceptors (Lipinski definition) is 5. The van der Waals surface area contributed by atoms with Crippen molar-refractivity contribution in [2.45, 2.75) is 26.4 Å². The number of H-pyrrole nitrogens is 2. The maximum Gasteiger partial charge on any atom is 0.423 e. The van der Waals surface area contributed by atoms with Crippen LogP contribution in [0.4, 0.5) is 4.79 Å². The van der Waals surface area contributed by atoms with Crippen LogP contribution in [0, 0.1) is 0 Å². The molecular formula is C24H22N4O4. The van der Waals surface area contributed by atoms with E-state index in [0.29, 0.717) is 5.56 Å². The van der Waals surface area contributed by atoms with Gasteiger partial charge in [-0.15, -0.1) is 0 Å². The van der Waals surface area contributed by atoms with E-state index in [1.54, 1.807) is 45.2 Å². The monoisotopic (exact) mass is 430 g/mol. The van der Waals surface area contributed by atoms with Crippen LogP contribution in [0.15, 0.2) is 70.4 Å². The number of carbonyl (C=O) groups excluding carboxylic acids is 2. The molecule has 0 saturated heterocycles. The first-order chi connectivity index (χ1) is 15.2. The first-order valence-electron chi connectivity index (χ1n) is 10.0. The number of nitrogens with zero attached hydrogens (tertiary/aromatic N) is 2. The number of amides is 2. The highest BCUT2D eigenvalue weighted by atomic mass is 16.6. The fourth-order valence-corrected chi connectivity index (χ4v) is 3.19. The Morgan fingerprint density at radius 3 is 2.53 bits per heavy atom. The van der Waals surface area contributed by atoms with Gasteiger partial charge in [-0.25, -0.2) is 9.79 Å². The number of imide groups is 1. The van der Waals surface area contributed by atoms with Crippen LogP contribution >= 0.6 is 0 Å². The maximum atomic E-state index is 13.1. The number of rotatable bonds is 3. The molecule has 3 aromatic rings. The predicted octanol–water partition coefficient (Wildman–Crippen LogP) is 4.09. The second-order valence-electron chi connectivity index (χ2n) is 8.23. The smallest absolute Gasteiger partial charge is 0.423 e. The molecule has 162 valence electrons. The van der Waals surface area contributed by atoms with Gasteiger partial charge in [-0.1, -0.05) is 18.2 Å². The van der Waals surface area contributed by atoms with Crippen molar-refractivity contribution in [1.29, 1.82) is 0 Å². The average molecular weight is 430 g/mol. The molecule has 0 radical (unpaired) electrons. The van der Waals surface area contributed by atoms with Crippen LogP contribution in [0.1, 0.15) is 31.9 Å². The van der Waals surface area contributed by atoms with E-state index in [1.807, 2.05) is 24.3 Å². The topological polar surface area (TPSA) is 108 Å². The van der Waals surface area contributed by atoms with E-state index in [-0.39, 0.29) is 17.1 Å². The number of hydrogen-bond donors (Lipinski definition) is 2. The summed E-state index contributed by atoms with van der Waals surface area (Å²) < 4.78 is 5.41. The minimum Gasteiger partial charge on any atom is -0.443 e. The van der Waals surface area contributed by atoms with Crippen LogP contribution in [-0.4, -0.2) is 38.3 Å². The molecule has 0 saturated carbocycles. The van der Waals surface area contributed by atoms with E-state index < -0.39 is 17.6 Å². The van der Waals surface area contributed by atoms with Gasteiger partial charge in [0.05, 0.1) is 0 Å². The van der Waals surface area contributed by atoms with Crippen molar-refractivity contribution in [3.63, 3.8) is 0 Å². The SMILES string of the molecule is CC(C)(C)OC(=O)N1C(=O)/C(=C/c2c[nH]c3ccccc23)N=C1/C=C/c1ccc(=O)[nH]c1. The molecule has 8 nitrogen and oxygen atoms in total. The number of ether oxygens (including phenoxy) is 1. The number of aromatic nitrogens is 2. The third-order valence-electron chi connectivity index (χ3n) is 4.61. The lowest BCUT2D eigenvalue weighted by Crippen LogP contribution is -2.41. The van der Waals surface area contributed by atoms with E-state index in [9.17, 15) is 14.4 Å². The first kappa shape index (κ1) is 21.0. The summed E-state index contributed by atoms with van der Waals surface area (Å²) in [4.78, 5) is 48.2. The Morgan fingerprint density at radius 2 is 1.81 bits per heavy atom. The third-order valence-corrected chi connectivity index (χ3v) is 4.61. The molecule has 4 rings (SSSR count). The standard InChI is InChI=1S/C24H22N4O4/c1-24(2,3)32-23(31)28-20(10-8-15-9-11-21(29)26-13-15)27-19(22(28)30)12-16-14-25-18-7-5-4-6-17(16)18/h4-14,25H,1-3H3,(H,26,29)/b10-8+,19-12-. The normalized spacial score (nSPS) is 15.7. The summed E-state index contributed by atoms with van der Waals surface area (Å²) in [6.45, 7) is 5.17. The van der Waals surface area contributed by atoms with Gasteiger partial charge < -0.3 is 14.7 Å². The molecule has 2 amide bonds. The number of fused-ring (bicyclic) bond motifs is 1. The molecule has 0 spiro atoms. The van der Waals surface area contributed by atoms with Gasteiger partial charge in [-0.2, -0.15) is 4.90 Å². The van der Waals surface area contributed by atoms with Gasteiger partial charge in [-0.05, 0) is 56.7 Å². The lowest BCUT2D eigenvalue weighted by molar-refractivity contribution is -0.122. The first-order valence-corrected chi connectivity index (χ1v) is 10.0. The predicted molar refractivity (Wildman–Crippen MR) is 123 cm³/mol. The van der Waals surface area contributed by atoms with Crippen molar-refractivity contribution >= 4 is 40.9 Å². The number of nitrogens with one attached hydrogen (secondary N) is 2. The second-order valence-corrected chi connectivity index (χ2v) is 8.23. The zero-order valence-corrected chi connectivity index (χ0v) is 17.9. The van der Waals surface area contributed by atoms with E-state index >= 15 is 0 Å². The minimum atomic E-state index is -0.810. The summed E-state index contributed by atoms with van der Waals surface area (Å²) in [6, 6.07) is 10.7. The van der Waals surface area contributed by atoms with Crippen LogP contribution in [0.25, 0.3) is 23.1 Å². The molecule has 1 aliphatic heterocycles. The fourth-order valence-electron chi connectivity index (χ4n) is 3.19. The number of benzene rings is 1. The molecule has 0 aliphatic carbocycles. The molecule has 2 N–H and O–H groups in total. The van der Waals surface area contributed by atoms with Gasteiger partial charge in [0.1, 0.15) is 17.1 Å². The fraction of sp³-hybridized carbons (Fsp3) is 0.167. The molecular weight excluding hydrogens is 408 g/mol. The molecule has 3 heterocycles. The molecule has 2 aromatic heterocycles. The molecule has 0 atom stereocenters. The Kier molecular flexibility index (Phi) is 5.36. The van der Waals surface area contributed by atoms with E-state index in [2.05, 4.69) is 15.0 Å². The summed E-state index contributed by atoms with van der Waals surface area (Å²) >= 11 is 0. The summed E-state index contributed by atoms with van der Waals surface area (Å²) in [5, 5.41) is 0.934. The summed E-state index contributed by atoms with van der Waals surface area (Å²) in [7, 11) is 0. The number of aliphatic imine (C=N–C) groups is 1. The van der Waals surface area contributed by atoms with Crippen LogP contribution in [-0.2, 0) is 9.53 Å². The minimum absolute atomic E-state index is 0.113. The Morgan fingerprint density at radius 1 is 1.03 bits per heavy atom. The molecule has 0 unspecified atom stereocenters.